The standard InChI is InChI=1S/C29H31F4N3O6/c1-17(2)26-24(12-11-21(37)14-22(38)15-25(39)40)36(20-9-7-19(30)8-10-20)34-27(26)28(41)35(3)16-18-5-4-6-23(13-18)42-29(31,32)33/h4-13,17,21-22,37-38H,14-16H2,1-3H3,(H,39,40)/t21-,22-/m1/s1. The summed E-state index contributed by atoms with van der Waals surface area (Å²) in [5.74, 6) is -2.98. The van der Waals surface area contributed by atoms with Gasteiger partial charge in [-0.05, 0) is 54.0 Å². The van der Waals surface area contributed by atoms with Gasteiger partial charge in [-0.15, -0.1) is 13.2 Å². The van der Waals surface area contributed by atoms with Crippen LogP contribution in [-0.4, -0.2) is 67.5 Å². The van der Waals surface area contributed by atoms with Gasteiger partial charge in [0.1, 0.15) is 11.6 Å². The van der Waals surface area contributed by atoms with Gasteiger partial charge in [0.2, 0.25) is 0 Å². The molecule has 2 atom stereocenters. The van der Waals surface area contributed by atoms with Crippen LogP contribution in [0.5, 0.6) is 5.75 Å². The second-order valence-electron chi connectivity index (χ2n) is 9.96. The molecular formula is C29H31F4N3O6. The summed E-state index contributed by atoms with van der Waals surface area (Å²) in [6.07, 6.45) is -5.38. The van der Waals surface area contributed by atoms with Crippen molar-refractivity contribution < 1.29 is 47.2 Å². The first-order chi connectivity index (χ1) is 19.6. The number of aliphatic hydroxyl groups is 2. The molecule has 0 aliphatic carbocycles. The van der Waals surface area contributed by atoms with Gasteiger partial charge in [-0.1, -0.05) is 32.1 Å². The average molecular weight is 594 g/mol. The highest BCUT2D eigenvalue weighted by molar-refractivity contribution is 5.95. The summed E-state index contributed by atoms with van der Waals surface area (Å²) in [6, 6.07) is 10.5. The first kappa shape index (κ1) is 32.3. The van der Waals surface area contributed by atoms with E-state index in [0.29, 0.717) is 22.5 Å². The SMILES string of the molecule is CC(C)c1c(C(=O)N(C)Cc2cccc(OC(F)(F)F)c2)nn(-c2ccc(F)cc2)c1C=C[C@@H](O)C[C@@H](O)CC(=O)O. The second kappa shape index (κ2) is 13.6. The van der Waals surface area contributed by atoms with Gasteiger partial charge >= 0.3 is 12.3 Å². The Morgan fingerprint density at radius 2 is 1.79 bits per heavy atom. The Labute approximate surface area is 239 Å². The summed E-state index contributed by atoms with van der Waals surface area (Å²) in [4.78, 5) is 25.8. The van der Waals surface area contributed by atoms with Gasteiger partial charge in [0.15, 0.2) is 5.69 Å². The highest BCUT2D eigenvalue weighted by Crippen LogP contribution is 2.30. The molecule has 226 valence electrons. The van der Waals surface area contributed by atoms with E-state index in [0.717, 1.165) is 6.07 Å². The molecule has 0 bridgehead atoms. The number of rotatable bonds is 12. The zero-order chi connectivity index (χ0) is 31.2. The van der Waals surface area contributed by atoms with Crippen LogP contribution in [0.2, 0.25) is 0 Å². The van der Waals surface area contributed by atoms with Gasteiger partial charge in [-0.3, -0.25) is 9.59 Å². The van der Waals surface area contributed by atoms with E-state index in [9.17, 15) is 37.4 Å². The van der Waals surface area contributed by atoms with Crippen LogP contribution in [0.3, 0.4) is 0 Å². The topological polar surface area (TPSA) is 125 Å². The fourth-order valence-corrected chi connectivity index (χ4v) is 4.32. The zero-order valence-electron chi connectivity index (χ0n) is 23.0. The quantitative estimate of drug-likeness (QED) is 0.255. The molecule has 1 amide bonds. The van der Waals surface area contributed by atoms with Gasteiger partial charge in [-0.25, -0.2) is 9.07 Å². The first-order valence-electron chi connectivity index (χ1n) is 12.9. The maximum atomic E-state index is 13.7. The van der Waals surface area contributed by atoms with Crippen molar-refractivity contribution in [3.05, 3.63) is 82.9 Å². The van der Waals surface area contributed by atoms with Crippen LogP contribution in [0.1, 0.15) is 59.9 Å². The summed E-state index contributed by atoms with van der Waals surface area (Å²) in [5.41, 5.74) is 1.65. The predicted octanol–water partition coefficient (Wildman–Crippen LogP) is 4.91. The van der Waals surface area contributed by atoms with E-state index >= 15 is 0 Å². The average Bonchev–Trinajstić information content (AvgIpc) is 3.25. The molecule has 0 aliphatic heterocycles. The van der Waals surface area contributed by atoms with E-state index in [1.807, 2.05) is 13.8 Å². The number of hydrogen-bond donors (Lipinski definition) is 3. The minimum absolute atomic E-state index is 0.0274. The number of carboxylic acids is 1. The van der Waals surface area contributed by atoms with Gasteiger partial charge in [-0.2, -0.15) is 5.10 Å². The third kappa shape index (κ3) is 8.88. The number of aliphatic carboxylic acids is 1. The number of carbonyl (C=O) groups excluding carboxylic acids is 1. The highest BCUT2D eigenvalue weighted by atomic mass is 19.4. The molecule has 0 spiro atoms. The Morgan fingerprint density at radius 3 is 2.38 bits per heavy atom. The van der Waals surface area contributed by atoms with E-state index < -0.39 is 48.4 Å². The monoisotopic (exact) mass is 593 g/mol. The molecule has 42 heavy (non-hydrogen) atoms. The third-order valence-electron chi connectivity index (χ3n) is 6.11. The van der Waals surface area contributed by atoms with Crippen molar-refractivity contribution in [2.75, 3.05) is 7.05 Å². The third-order valence-corrected chi connectivity index (χ3v) is 6.11. The Balaban J connectivity index is 1.99. The van der Waals surface area contributed by atoms with Crippen LogP contribution in [0.15, 0.2) is 54.6 Å². The number of carbonyl (C=O) groups is 2. The molecule has 0 saturated carbocycles. The second-order valence-corrected chi connectivity index (χ2v) is 9.96. The number of benzene rings is 2. The Kier molecular flexibility index (Phi) is 10.5. The normalized spacial score (nSPS) is 13.4. The van der Waals surface area contributed by atoms with Crippen LogP contribution >= 0.6 is 0 Å². The van der Waals surface area contributed by atoms with Crippen LogP contribution in [0, 0.1) is 5.82 Å². The van der Waals surface area contributed by atoms with Crippen molar-refractivity contribution in [3.63, 3.8) is 0 Å². The molecule has 1 aromatic heterocycles. The van der Waals surface area contributed by atoms with Crippen LogP contribution < -0.4 is 4.74 Å². The fourth-order valence-electron chi connectivity index (χ4n) is 4.32. The lowest BCUT2D eigenvalue weighted by Crippen LogP contribution is -2.27. The van der Waals surface area contributed by atoms with E-state index in [1.165, 1.54) is 65.2 Å². The first-order valence-corrected chi connectivity index (χ1v) is 12.9. The summed E-state index contributed by atoms with van der Waals surface area (Å²) >= 11 is 0. The smallest absolute Gasteiger partial charge is 0.481 e. The zero-order valence-corrected chi connectivity index (χ0v) is 23.0. The lowest BCUT2D eigenvalue weighted by Gasteiger charge is -2.18. The van der Waals surface area contributed by atoms with E-state index in [4.69, 9.17) is 5.11 Å². The molecular weight excluding hydrogens is 562 g/mol. The van der Waals surface area contributed by atoms with E-state index in [-0.39, 0.29) is 24.6 Å². The highest BCUT2D eigenvalue weighted by Gasteiger charge is 2.31. The summed E-state index contributed by atoms with van der Waals surface area (Å²) < 4.78 is 57.0. The van der Waals surface area contributed by atoms with Crippen molar-refractivity contribution in [3.8, 4) is 11.4 Å². The minimum Gasteiger partial charge on any atom is -0.481 e. The molecule has 2 aromatic carbocycles. The molecule has 0 aliphatic rings. The molecule has 0 fully saturated rings. The molecule has 13 heteroatoms. The molecule has 3 aromatic rings. The summed E-state index contributed by atoms with van der Waals surface area (Å²) in [6.45, 7) is 3.55. The maximum absolute atomic E-state index is 13.7. The lowest BCUT2D eigenvalue weighted by molar-refractivity contribution is -0.274. The van der Waals surface area contributed by atoms with Crippen molar-refractivity contribution >= 4 is 18.0 Å². The van der Waals surface area contributed by atoms with Crippen molar-refractivity contribution in [2.45, 2.75) is 57.7 Å². The summed E-state index contributed by atoms with van der Waals surface area (Å²) in [5, 5.41) is 33.6. The number of aromatic nitrogens is 2. The molecule has 1 heterocycles. The number of amides is 1. The number of hydrogen-bond acceptors (Lipinski definition) is 6. The number of halogens is 4. The predicted molar refractivity (Wildman–Crippen MR) is 144 cm³/mol. The number of ether oxygens (including phenoxy) is 1. The van der Waals surface area contributed by atoms with Gasteiger partial charge in [0.25, 0.3) is 5.91 Å². The Morgan fingerprint density at radius 1 is 1.12 bits per heavy atom. The van der Waals surface area contributed by atoms with Crippen LogP contribution in [0.4, 0.5) is 17.6 Å². The maximum Gasteiger partial charge on any atom is 0.573 e. The molecule has 3 N–H and O–H groups in total. The Bertz CT molecular complexity index is 1420. The molecule has 0 unspecified atom stereocenters. The number of aliphatic hydroxyl groups excluding tert-OH is 2. The number of nitrogens with zero attached hydrogens (tertiary/aromatic N) is 3. The van der Waals surface area contributed by atoms with Gasteiger partial charge < -0.3 is 25.0 Å². The van der Waals surface area contributed by atoms with Crippen LogP contribution in [0.25, 0.3) is 11.8 Å². The van der Waals surface area contributed by atoms with Gasteiger partial charge in [0, 0.05) is 25.6 Å². The van der Waals surface area contributed by atoms with E-state index in [2.05, 4.69) is 9.84 Å². The van der Waals surface area contributed by atoms with Crippen molar-refractivity contribution in [2.24, 2.45) is 0 Å². The Hall–Kier alpha value is -4.23. The van der Waals surface area contributed by atoms with Crippen molar-refractivity contribution in [1.29, 1.82) is 0 Å². The van der Waals surface area contributed by atoms with Crippen molar-refractivity contribution in [1.82, 2.24) is 14.7 Å². The van der Waals surface area contributed by atoms with Gasteiger partial charge in [0.05, 0.1) is 30.0 Å². The largest absolute Gasteiger partial charge is 0.573 e. The molecule has 9 nitrogen and oxygen atoms in total. The van der Waals surface area contributed by atoms with Crippen LogP contribution in [-0.2, 0) is 11.3 Å². The molecule has 0 saturated heterocycles. The number of carboxylic acid groups (broad SMARTS) is 1. The van der Waals surface area contributed by atoms with E-state index in [1.54, 1.807) is 6.07 Å². The molecule has 0 radical (unpaired) electrons. The minimum atomic E-state index is -4.87. The fraction of sp³-hybridized carbons (Fsp3) is 0.345. The number of alkyl halides is 3. The lowest BCUT2D eigenvalue weighted by atomic mass is 9.98. The summed E-state index contributed by atoms with van der Waals surface area (Å²) in [7, 11) is 1.46. The molecule has 3 rings (SSSR count).